The molecule has 1 aromatic heterocycles. The van der Waals surface area contributed by atoms with Crippen molar-refractivity contribution >= 4 is 0 Å². The molecular formula is C12H16NRu. The largest absolute Gasteiger partial charge is 3.00 e. The van der Waals surface area contributed by atoms with Crippen LogP contribution in [0.3, 0.4) is 0 Å². The maximum absolute atomic E-state index is 2.74. The number of aromatic amines is 1. The Morgan fingerprint density at radius 1 is 1.14 bits per heavy atom. The van der Waals surface area contributed by atoms with E-state index in [1.165, 1.54) is 0 Å². The van der Waals surface area contributed by atoms with Crippen LogP contribution in [0.4, 0.5) is 0 Å². The van der Waals surface area contributed by atoms with Crippen molar-refractivity contribution in [2.45, 2.75) is 13.8 Å². The second kappa shape index (κ2) is 14.8. The smallest absolute Gasteiger partial charge is 0.484 e. The molecule has 2 heteroatoms. The molecule has 0 aliphatic heterocycles. The van der Waals surface area contributed by atoms with E-state index in [1.807, 2.05) is 68.9 Å². The van der Waals surface area contributed by atoms with Crippen LogP contribution in [-0.2, 0) is 19.5 Å². The van der Waals surface area contributed by atoms with Gasteiger partial charge in [-0.25, -0.2) is 12.1 Å². The number of hydrogen-bond acceptors (Lipinski definition) is 0. The topological polar surface area (TPSA) is 15.8 Å². The van der Waals surface area contributed by atoms with Crippen LogP contribution in [0.1, 0.15) is 13.8 Å². The molecule has 2 aromatic rings. The van der Waals surface area contributed by atoms with Crippen molar-refractivity contribution in [2.75, 3.05) is 0 Å². The monoisotopic (exact) mass is 276 g/mol. The van der Waals surface area contributed by atoms with Crippen molar-refractivity contribution in [3.05, 3.63) is 61.3 Å². The van der Waals surface area contributed by atoms with Gasteiger partial charge in [-0.2, -0.15) is 50.4 Å². The summed E-state index contributed by atoms with van der Waals surface area (Å²) in [6.07, 6.45) is 6.56. The Morgan fingerprint density at radius 2 is 1.71 bits per heavy atom. The zero-order valence-corrected chi connectivity index (χ0v) is 10.3. The molecule has 2 rings (SSSR count). The molecule has 1 heterocycles. The molecule has 1 nitrogen and oxygen atoms in total. The van der Waals surface area contributed by atoms with Crippen LogP contribution in [0.5, 0.6) is 0 Å². The Morgan fingerprint density at radius 3 is 1.86 bits per heavy atom. The number of rotatable bonds is 0. The minimum absolute atomic E-state index is 0. The van der Waals surface area contributed by atoms with Gasteiger partial charge in [-0.15, -0.1) is 6.20 Å². The fourth-order valence-corrected chi connectivity index (χ4v) is 0.561. The van der Waals surface area contributed by atoms with Gasteiger partial charge in [0.15, 0.2) is 0 Å². The minimum atomic E-state index is 0. The second-order valence-electron chi connectivity index (χ2n) is 2.35. The summed E-state index contributed by atoms with van der Waals surface area (Å²) in [6.45, 7) is 4.00. The Labute approximate surface area is 99.7 Å². The van der Waals surface area contributed by atoms with Crippen LogP contribution in [0.15, 0.2) is 48.7 Å². The van der Waals surface area contributed by atoms with Gasteiger partial charge in [0.25, 0.3) is 0 Å². The summed E-state index contributed by atoms with van der Waals surface area (Å²) in [6, 6.07) is 13.7. The van der Waals surface area contributed by atoms with Crippen LogP contribution in [0.2, 0.25) is 0 Å². The molecule has 77 valence electrons. The predicted octanol–water partition coefficient (Wildman–Crippen LogP) is 3.45. The molecule has 1 N–H and O–H groups in total. The average molecular weight is 275 g/mol. The summed E-state index contributed by atoms with van der Waals surface area (Å²) in [7, 11) is 0. The van der Waals surface area contributed by atoms with Crippen molar-refractivity contribution in [2.24, 2.45) is 0 Å². The maximum atomic E-state index is 2.74. The van der Waals surface area contributed by atoms with Gasteiger partial charge < -0.3 is 11.4 Å². The van der Waals surface area contributed by atoms with Crippen LogP contribution in [-0.4, -0.2) is 4.98 Å². The Bertz CT molecular complexity index is 162. The van der Waals surface area contributed by atoms with Gasteiger partial charge >= 0.3 is 19.5 Å². The standard InChI is InChI=1S/C5H5.C4H4N.C3H7.Ru/c2*1-2-4-5-3-1;1-3-2;/h1-5H;1-3,5H;3H,1-2H3;/q3*-1;+3. The van der Waals surface area contributed by atoms with Crippen LogP contribution in [0, 0.1) is 12.6 Å². The molecular weight excluding hydrogens is 259 g/mol. The minimum Gasteiger partial charge on any atom is -0.484 e. The summed E-state index contributed by atoms with van der Waals surface area (Å²) in [4.78, 5) is 2.74. The van der Waals surface area contributed by atoms with Crippen LogP contribution >= 0.6 is 0 Å². The summed E-state index contributed by atoms with van der Waals surface area (Å²) in [5, 5.41) is 0. The van der Waals surface area contributed by atoms with E-state index in [4.69, 9.17) is 0 Å². The Hall–Kier alpha value is -0.747. The molecule has 0 unspecified atom stereocenters. The third-order valence-corrected chi connectivity index (χ3v) is 0.998. The zero-order chi connectivity index (χ0) is 9.78. The Balaban J connectivity index is 0. The molecule has 0 aliphatic carbocycles. The number of H-pyrrole nitrogens is 1. The van der Waals surface area contributed by atoms with Crippen molar-refractivity contribution in [1.29, 1.82) is 0 Å². The summed E-state index contributed by atoms with van der Waals surface area (Å²) in [5.74, 6) is 0. The van der Waals surface area contributed by atoms with Crippen molar-refractivity contribution in [3.63, 3.8) is 0 Å². The molecule has 0 aliphatic rings. The van der Waals surface area contributed by atoms with E-state index in [1.54, 1.807) is 0 Å². The predicted molar refractivity (Wildman–Crippen MR) is 57.3 cm³/mol. The third-order valence-electron chi connectivity index (χ3n) is 0.998. The van der Waals surface area contributed by atoms with Crippen molar-refractivity contribution in [3.8, 4) is 0 Å². The molecule has 0 amide bonds. The van der Waals surface area contributed by atoms with Crippen molar-refractivity contribution < 1.29 is 19.5 Å². The first-order valence-corrected chi connectivity index (χ1v) is 4.32. The van der Waals surface area contributed by atoms with Crippen molar-refractivity contribution in [1.82, 2.24) is 4.98 Å². The molecule has 0 fully saturated rings. The van der Waals surface area contributed by atoms with Crippen LogP contribution < -0.4 is 0 Å². The van der Waals surface area contributed by atoms with Gasteiger partial charge in [-0.3, -0.25) is 0 Å². The van der Waals surface area contributed by atoms with E-state index in [0.717, 1.165) is 0 Å². The molecule has 1 aromatic carbocycles. The van der Waals surface area contributed by atoms with Gasteiger partial charge in [-0.1, -0.05) is 0 Å². The average Bonchev–Trinajstić information content (AvgIpc) is 2.85. The van der Waals surface area contributed by atoms with E-state index in [9.17, 15) is 0 Å². The van der Waals surface area contributed by atoms with Crippen LogP contribution in [0.25, 0.3) is 0 Å². The SMILES string of the molecule is C[CH-]C.[Ru+3].[c-]1ccc[nH]1.c1cc[cH-]c1. The van der Waals surface area contributed by atoms with Gasteiger partial charge in [0.2, 0.25) is 0 Å². The molecule has 0 saturated heterocycles. The summed E-state index contributed by atoms with van der Waals surface area (Å²) < 4.78 is 0. The summed E-state index contributed by atoms with van der Waals surface area (Å²) in [5.41, 5.74) is 0. The first-order valence-electron chi connectivity index (χ1n) is 4.32. The van der Waals surface area contributed by atoms with Gasteiger partial charge in [-0.05, 0) is 0 Å². The molecule has 1 radical (unpaired) electrons. The van der Waals surface area contributed by atoms with E-state index in [2.05, 4.69) is 11.2 Å². The van der Waals surface area contributed by atoms with E-state index < -0.39 is 0 Å². The molecule has 0 bridgehead atoms. The Kier molecular flexibility index (Phi) is 16.6. The number of nitrogens with one attached hydrogen (secondary N) is 1. The normalized spacial score (nSPS) is 7.00. The number of hydrogen-bond donors (Lipinski definition) is 1. The van der Waals surface area contributed by atoms with Gasteiger partial charge in [0, 0.05) is 0 Å². The second-order valence-corrected chi connectivity index (χ2v) is 2.35. The van der Waals surface area contributed by atoms with E-state index >= 15 is 0 Å². The molecule has 0 atom stereocenters. The van der Waals surface area contributed by atoms with Gasteiger partial charge in [0.1, 0.15) is 0 Å². The first kappa shape index (κ1) is 15.7. The zero-order valence-electron chi connectivity index (χ0n) is 8.55. The van der Waals surface area contributed by atoms with Gasteiger partial charge in [0.05, 0.1) is 0 Å². The van der Waals surface area contributed by atoms with E-state index in [0.29, 0.717) is 0 Å². The molecule has 14 heavy (non-hydrogen) atoms. The quantitative estimate of drug-likeness (QED) is 0.560. The first-order chi connectivity index (χ1) is 6.41. The maximum Gasteiger partial charge on any atom is 3.00 e. The van der Waals surface area contributed by atoms with E-state index in [-0.39, 0.29) is 19.5 Å². The fourth-order valence-electron chi connectivity index (χ4n) is 0.561. The summed E-state index contributed by atoms with van der Waals surface area (Å²) >= 11 is 0. The molecule has 0 saturated carbocycles. The number of aromatic nitrogens is 1. The molecule has 0 spiro atoms. The fraction of sp³-hybridized carbons (Fsp3) is 0.167. The third kappa shape index (κ3) is 13.8.